The molecule has 3 nitrogen and oxygen atoms in total. The number of hydrogen-bond acceptors (Lipinski definition) is 2. The van der Waals surface area contributed by atoms with Crippen molar-refractivity contribution in [1.82, 2.24) is 0 Å². The van der Waals surface area contributed by atoms with Crippen molar-refractivity contribution in [1.29, 1.82) is 0 Å². The van der Waals surface area contributed by atoms with E-state index in [2.05, 4.69) is 12.2 Å². The molecule has 0 saturated carbocycles. The number of carbonyl (C=O) groups is 2. The van der Waals surface area contributed by atoms with Gasteiger partial charge in [-0.05, 0) is 53.9 Å². The van der Waals surface area contributed by atoms with Gasteiger partial charge in [0.1, 0.15) is 0 Å². The molecule has 0 fully saturated rings. The summed E-state index contributed by atoms with van der Waals surface area (Å²) in [6.07, 6.45) is 2.08. The maximum atomic E-state index is 12.1. The second-order valence-corrected chi connectivity index (χ2v) is 5.10. The summed E-state index contributed by atoms with van der Waals surface area (Å²) in [6.45, 7) is 2.12. The second-order valence-electron chi connectivity index (χ2n) is 4.76. The molecule has 0 bridgehead atoms. The Kier molecular flexibility index (Phi) is 5.12. The molecule has 0 unspecified atom stereocenters. The lowest BCUT2D eigenvalue weighted by Gasteiger charge is -2.07. The van der Waals surface area contributed by atoms with E-state index < -0.39 is 5.24 Å². The number of amides is 1. The molecule has 0 atom stereocenters. The summed E-state index contributed by atoms with van der Waals surface area (Å²) in [5, 5.41) is 2.21. The van der Waals surface area contributed by atoms with Crippen LogP contribution >= 0.6 is 11.6 Å². The van der Waals surface area contributed by atoms with Crippen LogP contribution in [0.1, 0.15) is 39.6 Å². The molecule has 0 radical (unpaired) electrons. The first-order valence-corrected chi connectivity index (χ1v) is 7.18. The molecule has 0 saturated heterocycles. The molecule has 0 aliphatic carbocycles. The lowest BCUT2D eigenvalue weighted by molar-refractivity contribution is 0.102. The van der Waals surface area contributed by atoms with Gasteiger partial charge in [-0.15, -0.1) is 0 Å². The molecule has 0 aliphatic heterocycles. The van der Waals surface area contributed by atoms with Crippen LogP contribution in [0.4, 0.5) is 5.69 Å². The van der Waals surface area contributed by atoms with Crippen molar-refractivity contribution >= 4 is 28.4 Å². The Balaban J connectivity index is 2.10. The number of aryl methyl sites for hydroxylation is 1. The van der Waals surface area contributed by atoms with E-state index in [1.54, 1.807) is 36.4 Å². The van der Waals surface area contributed by atoms with Gasteiger partial charge in [-0.2, -0.15) is 0 Å². The molecule has 0 heterocycles. The molecule has 1 N–H and O–H groups in total. The van der Waals surface area contributed by atoms with Crippen LogP contribution in [-0.4, -0.2) is 11.1 Å². The summed E-state index contributed by atoms with van der Waals surface area (Å²) >= 11 is 5.42. The number of nitrogens with one attached hydrogen (secondary N) is 1. The molecule has 1 amide bonds. The van der Waals surface area contributed by atoms with Crippen molar-refractivity contribution in [3.63, 3.8) is 0 Å². The van der Waals surface area contributed by atoms with Gasteiger partial charge in [-0.1, -0.05) is 31.5 Å². The van der Waals surface area contributed by atoms with E-state index in [9.17, 15) is 9.59 Å². The van der Waals surface area contributed by atoms with Gasteiger partial charge in [0, 0.05) is 16.8 Å². The maximum Gasteiger partial charge on any atom is 0.255 e. The maximum absolute atomic E-state index is 12.1. The highest BCUT2D eigenvalue weighted by atomic mass is 35.5. The summed E-state index contributed by atoms with van der Waals surface area (Å²) in [6, 6.07) is 14.1. The number of anilines is 1. The zero-order valence-corrected chi connectivity index (χ0v) is 12.5. The molecule has 0 spiro atoms. The molecule has 108 valence electrons. The third-order valence-electron chi connectivity index (χ3n) is 3.10. The fourth-order valence-electron chi connectivity index (χ4n) is 2.03. The van der Waals surface area contributed by atoms with E-state index in [0.29, 0.717) is 16.8 Å². The molecule has 2 aromatic carbocycles. The van der Waals surface area contributed by atoms with Crippen LogP contribution in [0.15, 0.2) is 48.5 Å². The Labute approximate surface area is 128 Å². The normalized spacial score (nSPS) is 10.2. The van der Waals surface area contributed by atoms with E-state index in [4.69, 9.17) is 11.6 Å². The Morgan fingerprint density at radius 2 is 1.76 bits per heavy atom. The minimum Gasteiger partial charge on any atom is -0.322 e. The van der Waals surface area contributed by atoms with E-state index in [1.165, 1.54) is 5.56 Å². The fourth-order valence-corrected chi connectivity index (χ4v) is 2.15. The van der Waals surface area contributed by atoms with E-state index in [1.807, 2.05) is 12.1 Å². The predicted octanol–water partition coefficient (Wildman–Crippen LogP) is 4.27. The SMILES string of the molecule is CCCc1ccc(C(=O)Nc2cccc(C(=O)Cl)c2)cc1. The van der Waals surface area contributed by atoms with E-state index in [0.717, 1.165) is 12.8 Å². The lowest BCUT2D eigenvalue weighted by Crippen LogP contribution is -2.12. The van der Waals surface area contributed by atoms with Crippen LogP contribution in [0.5, 0.6) is 0 Å². The first-order valence-electron chi connectivity index (χ1n) is 6.80. The number of rotatable bonds is 5. The molecular weight excluding hydrogens is 286 g/mol. The number of hydrogen-bond donors (Lipinski definition) is 1. The topological polar surface area (TPSA) is 46.2 Å². The van der Waals surface area contributed by atoms with Gasteiger partial charge in [0.25, 0.3) is 11.1 Å². The first kappa shape index (κ1) is 15.3. The highest BCUT2D eigenvalue weighted by Crippen LogP contribution is 2.14. The standard InChI is InChI=1S/C17H16ClNO2/c1-2-4-12-7-9-13(10-8-12)17(21)19-15-6-3-5-14(11-15)16(18)20/h3,5-11H,2,4H2,1H3,(H,19,21). The minimum atomic E-state index is -0.546. The molecule has 2 aromatic rings. The monoisotopic (exact) mass is 301 g/mol. The predicted molar refractivity (Wildman–Crippen MR) is 85.0 cm³/mol. The van der Waals surface area contributed by atoms with Crippen LogP contribution in [0.3, 0.4) is 0 Å². The largest absolute Gasteiger partial charge is 0.322 e. The smallest absolute Gasteiger partial charge is 0.255 e. The van der Waals surface area contributed by atoms with Gasteiger partial charge < -0.3 is 5.32 Å². The summed E-state index contributed by atoms with van der Waals surface area (Å²) in [4.78, 5) is 23.2. The lowest BCUT2D eigenvalue weighted by atomic mass is 10.1. The minimum absolute atomic E-state index is 0.211. The quantitative estimate of drug-likeness (QED) is 0.838. The van der Waals surface area contributed by atoms with Crippen molar-refractivity contribution in [2.24, 2.45) is 0 Å². The highest BCUT2D eigenvalue weighted by Gasteiger charge is 2.08. The summed E-state index contributed by atoms with van der Waals surface area (Å²) < 4.78 is 0. The van der Waals surface area contributed by atoms with Gasteiger partial charge in [0.2, 0.25) is 0 Å². The van der Waals surface area contributed by atoms with Crippen molar-refractivity contribution in [3.05, 3.63) is 65.2 Å². The zero-order chi connectivity index (χ0) is 15.2. The van der Waals surface area contributed by atoms with Crippen LogP contribution in [0.2, 0.25) is 0 Å². The van der Waals surface area contributed by atoms with Gasteiger partial charge in [0.15, 0.2) is 0 Å². The van der Waals surface area contributed by atoms with Crippen LogP contribution in [0, 0.1) is 0 Å². The van der Waals surface area contributed by atoms with E-state index in [-0.39, 0.29) is 5.91 Å². The summed E-state index contributed by atoms with van der Waals surface area (Å²) in [5.74, 6) is -0.211. The highest BCUT2D eigenvalue weighted by molar-refractivity contribution is 6.67. The molecule has 0 aromatic heterocycles. The van der Waals surface area contributed by atoms with Crippen molar-refractivity contribution in [3.8, 4) is 0 Å². The van der Waals surface area contributed by atoms with Gasteiger partial charge in [0.05, 0.1) is 0 Å². The van der Waals surface area contributed by atoms with Crippen molar-refractivity contribution in [2.75, 3.05) is 5.32 Å². The first-order chi connectivity index (χ1) is 10.1. The zero-order valence-electron chi connectivity index (χ0n) is 11.7. The molecule has 0 aliphatic rings. The number of benzene rings is 2. The Morgan fingerprint density at radius 3 is 2.38 bits per heavy atom. The molecule has 2 rings (SSSR count). The van der Waals surface area contributed by atoms with Gasteiger partial charge in [-0.25, -0.2) is 0 Å². The van der Waals surface area contributed by atoms with Crippen LogP contribution in [-0.2, 0) is 6.42 Å². The Morgan fingerprint density at radius 1 is 1.05 bits per heavy atom. The van der Waals surface area contributed by atoms with Crippen LogP contribution in [0.25, 0.3) is 0 Å². The molecular formula is C17H16ClNO2. The van der Waals surface area contributed by atoms with Crippen LogP contribution < -0.4 is 5.32 Å². The average Bonchev–Trinajstić information content (AvgIpc) is 2.48. The fraction of sp³-hybridized carbons (Fsp3) is 0.176. The number of halogens is 1. The Hall–Kier alpha value is -2.13. The third kappa shape index (κ3) is 4.17. The average molecular weight is 302 g/mol. The molecule has 21 heavy (non-hydrogen) atoms. The second kappa shape index (κ2) is 7.04. The summed E-state index contributed by atoms with van der Waals surface area (Å²) in [5.41, 5.74) is 2.69. The third-order valence-corrected chi connectivity index (χ3v) is 3.32. The van der Waals surface area contributed by atoms with Gasteiger partial charge >= 0.3 is 0 Å². The van der Waals surface area contributed by atoms with Crippen molar-refractivity contribution < 1.29 is 9.59 Å². The molecule has 4 heteroatoms. The Bertz CT molecular complexity index is 650. The van der Waals surface area contributed by atoms with Crippen molar-refractivity contribution in [2.45, 2.75) is 19.8 Å². The number of carbonyl (C=O) groups excluding carboxylic acids is 2. The van der Waals surface area contributed by atoms with E-state index >= 15 is 0 Å². The summed E-state index contributed by atoms with van der Waals surface area (Å²) in [7, 11) is 0. The van der Waals surface area contributed by atoms with Gasteiger partial charge in [-0.3, -0.25) is 9.59 Å².